The van der Waals surface area contributed by atoms with Crippen LogP contribution in [0.4, 0.5) is 0 Å². The van der Waals surface area contributed by atoms with Crippen LogP contribution in [-0.2, 0) is 6.42 Å². The monoisotopic (exact) mass is 284 g/mol. The van der Waals surface area contributed by atoms with Gasteiger partial charge in [-0.3, -0.25) is 0 Å². The molecule has 20 heavy (non-hydrogen) atoms. The number of benzene rings is 1. The SMILES string of the molecule is C1=Cc2ocnc2Cc2ccccc21.Oc1cscn1. The molecule has 0 unspecified atom stereocenters. The lowest BCUT2D eigenvalue weighted by molar-refractivity contribution is 0.457. The standard InChI is InChI=1S/C12H9NO.C3H3NOS/c1-2-4-10-7-11-12(14-8-13-11)6-5-9(10)3-1;5-3-1-6-2-4-3/h1-6,8H,7H2;1-2,5H. The summed E-state index contributed by atoms with van der Waals surface area (Å²) in [4.78, 5) is 7.69. The molecule has 1 aliphatic carbocycles. The van der Waals surface area contributed by atoms with Gasteiger partial charge in [-0.1, -0.05) is 30.3 Å². The quantitative estimate of drug-likeness (QED) is 0.536. The summed E-state index contributed by atoms with van der Waals surface area (Å²) in [5, 5.41) is 9.94. The molecule has 0 aliphatic heterocycles. The van der Waals surface area contributed by atoms with Crippen LogP contribution >= 0.6 is 11.3 Å². The summed E-state index contributed by atoms with van der Waals surface area (Å²) in [5.74, 6) is 0.987. The number of aromatic nitrogens is 2. The van der Waals surface area contributed by atoms with Crippen molar-refractivity contribution in [2.24, 2.45) is 0 Å². The van der Waals surface area contributed by atoms with Crippen molar-refractivity contribution in [1.82, 2.24) is 9.97 Å². The fourth-order valence-electron chi connectivity index (χ4n) is 1.96. The third kappa shape index (κ3) is 2.78. The van der Waals surface area contributed by atoms with Gasteiger partial charge in [-0.05, 0) is 17.2 Å². The molecule has 1 aliphatic rings. The third-order valence-corrected chi connectivity index (χ3v) is 3.49. The van der Waals surface area contributed by atoms with E-state index in [0.717, 1.165) is 17.9 Å². The van der Waals surface area contributed by atoms with Crippen molar-refractivity contribution in [2.45, 2.75) is 6.42 Å². The van der Waals surface area contributed by atoms with E-state index in [1.807, 2.05) is 12.1 Å². The zero-order valence-electron chi connectivity index (χ0n) is 10.6. The fourth-order valence-corrected chi connectivity index (χ4v) is 2.37. The zero-order valence-corrected chi connectivity index (χ0v) is 11.4. The summed E-state index contributed by atoms with van der Waals surface area (Å²) in [6.07, 6.45) is 6.42. The van der Waals surface area contributed by atoms with Crippen molar-refractivity contribution in [3.05, 3.63) is 64.1 Å². The Morgan fingerprint density at radius 1 is 1.15 bits per heavy atom. The second-order valence-electron chi connectivity index (χ2n) is 4.22. The second-order valence-corrected chi connectivity index (χ2v) is 4.94. The van der Waals surface area contributed by atoms with E-state index in [-0.39, 0.29) is 5.88 Å². The van der Waals surface area contributed by atoms with Gasteiger partial charge in [-0.15, -0.1) is 11.3 Å². The number of hydrogen-bond acceptors (Lipinski definition) is 5. The van der Waals surface area contributed by atoms with Crippen molar-refractivity contribution in [3.8, 4) is 5.88 Å². The first-order valence-electron chi connectivity index (χ1n) is 6.08. The first kappa shape index (κ1) is 12.6. The number of rotatable bonds is 0. The molecule has 4 rings (SSSR count). The van der Waals surface area contributed by atoms with Crippen LogP contribution in [0.3, 0.4) is 0 Å². The van der Waals surface area contributed by atoms with Gasteiger partial charge in [0.15, 0.2) is 12.2 Å². The number of aromatic hydroxyl groups is 1. The van der Waals surface area contributed by atoms with Crippen LogP contribution < -0.4 is 0 Å². The average molecular weight is 284 g/mol. The maximum atomic E-state index is 8.37. The number of hydrogen-bond donors (Lipinski definition) is 1. The zero-order chi connectivity index (χ0) is 13.8. The van der Waals surface area contributed by atoms with E-state index in [9.17, 15) is 0 Å². The molecule has 2 heterocycles. The minimum atomic E-state index is 0.111. The fraction of sp³-hybridized carbons (Fsp3) is 0.0667. The predicted molar refractivity (Wildman–Crippen MR) is 78.5 cm³/mol. The third-order valence-electron chi connectivity index (χ3n) is 2.92. The van der Waals surface area contributed by atoms with Crippen molar-refractivity contribution < 1.29 is 9.52 Å². The topological polar surface area (TPSA) is 59.2 Å². The predicted octanol–water partition coefficient (Wildman–Crippen LogP) is 3.60. The van der Waals surface area contributed by atoms with Crippen LogP contribution in [0, 0.1) is 0 Å². The van der Waals surface area contributed by atoms with Crippen LogP contribution in [0.25, 0.3) is 12.2 Å². The number of nitrogens with zero attached hydrogens (tertiary/aromatic N) is 2. The summed E-state index contributed by atoms with van der Waals surface area (Å²) in [7, 11) is 0. The Labute approximate surface area is 120 Å². The summed E-state index contributed by atoms with van der Waals surface area (Å²) in [6, 6.07) is 8.34. The lowest BCUT2D eigenvalue weighted by atomic mass is 10.0. The molecule has 4 nitrogen and oxygen atoms in total. The van der Waals surface area contributed by atoms with Gasteiger partial charge in [0.1, 0.15) is 0 Å². The molecule has 0 spiro atoms. The van der Waals surface area contributed by atoms with E-state index in [1.54, 1.807) is 10.9 Å². The Kier molecular flexibility index (Phi) is 3.60. The van der Waals surface area contributed by atoms with E-state index >= 15 is 0 Å². The average Bonchev–Trinajstić information content (AvgIpc) is 3.07. The lowest BCUT2D eigenvalue weighted by Crippen LogP contribution is -1.90. The van der Waals surface area contributed by atoms with Crippen molar-refractivity contribution in [3.63, 3.8) is 0 Å². The summed E-state index contributed by atoms with van der Waals surface area (Å²) in [5.41, 5.74) is 5.15. The highest BCUT2D eigenvalue weighted by Crippen LogP contribution is 2.23. The van der Waals surface area contributed by atoms with Crippen LogP contribution in [0.15, 0.2) is 46.0 Å². The van der Waals surface area contributed by atoms with Crippen molar-refractivity contribution in [2.75, 3.05) is 0 Å². The number of thiazole rings is 1. The summed E-state index contributed by atoms with van der Waals surface area (Å²) in [6.45, 7) is 0. The first-order chi connectivity index (χ1) is 9.83. The lowest BCUT2D eigenvalue weighted by Gasteiger charge is -2.00. The van der Waals surface area contributed by atoms with Crippen molar-refractivity contribution >= 4 is 23.5 Å². The van der Waals surface area contributed by atoms with E-state index in [1.165, 1.54) is 28.9 Å². The first-order valence-corrected chi connectivity index (χ1v) is 7.03. The normalized spacial score (nSPS) is 11.8. The molecule has 1 aromatic carbocycles. The molecule has 5 heteroatoms. The molecule has 0 atom stereocenters. The highest BCUT2D eigenvalue weighted by molar-refractivity contribution is 7.07. The van der Waals surface area contributed by atoms with E-state index in [2.05, 4.69) is 34.2 Å². The van der Waals surface area contributed by atoms with Crippen molar-refractivity contribution in [1.29, 1.82) is 0 Å². The Morgan fingerprint density at radius 3 is 2.80 bits per heavy atom. The molecule has 0 amide bonds. The van der Waals surface area contributed by atoms with E-state index in [0.29, 0.717) is 0 Å². The van der Waals surface area contributed by atoms with Gasteiger partial charge in [0, 0.05) is 6.42 Å². The van der Waals surface area contributed by atoms with Gasteiger partial charge in [-0.25, -0.2) is 9.97 Å². The molecule has 100 valence electrons. The van der Waals surface area contributed by atoms with Gasteiger partial charge < -0.3 is 9.52 Å². The van der Waals surface area contributed by atoms with Gasteiger partial charge in [0.25, 0.3) is 0 Å². The van der Waals surface area contributed by atoms with Crippen LogP contribution in [-0.4, -0.2) is 15.1 Å². The van der Waals surface area contributed by atoms with E-state index < -0.39 is 0 Å². The van der Waals surface area contributed by atoms with Gasteiger partial charge >= 0.3 is 0 Å². The molecule has 0 fully saturated rings. The molecule has 2 aromatic heterocycles. The molecular formula is C15H12N2O2S. The van der Waals surface area contributed by atoms with E-state index in [4.69, 9.17) is 9.52 Å². The molecule has 0 bridgehead atoms. The Hall–Kier alpha value is -2.40. The Bertz CT molecular complexity index is 717. The molecule has 0 radical (unpaired) electrons. The minimum Gasteiger partial charge on any atom is -0.493 e. The molecular weight excluding hydrogens is 272 g/mol. The summed E-state index contributed by atoms with van der Waals surface area (Å²) < 4.78 is 5.27. The van der Waals surface area contributed by atoms with Crippen LogP contribution in [0.5, 0.6) is 5.88 Å². The summed E-state index contributed by atoms with van der Waals surface area (Å²) >= 11 is 1.38. The van der Waals surface area contributed by atoms with Crippen LogP contribution in [0.1, 0.15) is 22.6 Å². The largest absolute Gasteiger partial charge is 0.493 e. The Morgan fingerprint density at radius 2 is 2.05 bits per heavy atom. The van der Waals surface area contributed by atoms with Crippen LogP contribution in [0.2, 0.25) is 0 Å². The molecule has 1 N–H and O–H groups in total. The maximum Gasteiger partial charge on any atom is 0.221 e. The molecule has 3 aromatic rings. The Balaban J connectivity index is 0.000000170. The highest BCUT2D eigenvalue weighted by atomic mass is 32.1. The number of oxazole rings is 1. The molecule has 0 saturated heterocycles. The minimum absolute atomic E-state index is 0.111. The smallest absolute Gasteiger partial charge is 0.221 e. The second kappa shape index (κ2) is 5.71. The number of fused-ring (bicyclic) bond motifs is 2. The maximum absolute atomic E-state index is 8.37. The van der Waals surface area contributed by atoms with Gasteiger partial charge in [0.2, 0.25) is 5.88 Å². The van der Waals surface area contributed by atoms with Gasteiger partial charge in [-0.2, -0.15) is 0 Å². The highest BCUT2D eigenvalue weighted by Gasteiger charge is 2.11. The molecule has 0 saturated carbocycles. The van der Waals surface area contributed by atoms with Gasteiger partial charge in [0.05, 0.1) is 16.6 Å².